The zero-order valence-electron chi connectivity index (χ0n) is 9.21. The maximum atomic E-state index is 12.6. The summed E-state index contributed by atoms with van der Waals surface area (Å²) in [5.41, 5.74) is 0. The fraction of sp³-hybridized carbons (Fsp3) is 0.600. The van der Waals surface area contributed by atoms with Gasteiger partial charge in [-0.1, -0.05) is 0 Å². The van der Waals surface area contributed by atoms with Gasteiger partial charge in [-0.25, -0.2) is 4.98 Å². The molecule has 1 atom stereocenters. The molecule has 1 aliphatic rings. The number of halogens is 4. The molecule has 1 unspecified atom stereocenters. The Bertz CT molecular complexity index is 449. The first-order chi connectivity index (χ1) is 8.38. The highest BCUT2D eigenvalue weighted by molar-refractivity contribution is 9.11. The number of hydrogen-bond acceptors (Lipinski definition) is 3. The van der Waals surface area contributed by atoms with Crippen molar-refractivity contribution in [1.29, 1.82) is 0 Å². The van der Waals surface area contributed by atoms with E-state index in [2.05, 4.69) is 20.9 Å². The van der Waals surface area contributed by atoms with E-state index < -0.39 is 12.1 Å². The summed E-state index contributed by atoms with van der Waals surface area (Å²) in [4.78, 5) is 17.5. The third-order valence-corrected chi connectivity index (χ3v) is 4.32. The van der Waals surface area contributed by atoms with Crippen molar-refractivity contribution in [2.75, 3.05) is 13.1 Å². The average Bonchev–Trinajstić information content (AvgIpc) is 2.74. The molecule has 0 saturated carbocycles. The van der Waals surface area contributed by atoms with Crippen molar-refractivity contribution in [3.05, 3.63) is 15.0 Å². The van der Waals surface area contributed by atoms with Crippen molar-refractivity contribution in [1.82, 2.24) is 9.88 Å². The van der Waals surface area contributed by atoms with Crippen LogP contribution in [0.25, 0.3) is 0 Å². The van der Waals surface area contributed by atoms with E-state index in [0.717, 1.165) is 11.3 Å². The van der Waals surface area contributed by atoms with Gasteiger partial charge in [0, 0.05) is 13.1 Å². The Labute approximate surface area is 114 Å². The third-order valence-electron chi connectivity index (χ3n) is 2.86. The lowest BCUT2D eigenvalue weighted by molar-refractivity contribution is -0.184. The summed E-state index contributed by atoms with van der Waals surface area (Å²) < 4.78 is 38.4. The minimum absolute atomic E-state index is 0.0969. The number of hydrogen-bond donors (Lipinski definition) is 0. The fourth-order valence-electron chi connectivity index (χ4n) is 1.94. The van der Waals surface area contributed by atoms with E-state index in [1.807, 2.05) is 0 Å². The number of alkyl halides is 3. The second kappa shape index (κ2) is 5.16. The number of likely N-dealkylation sites (tertiary alicyclic amines) is 1. The number of piperidine rings is 1. The molecule has 0 spiro atoms. The van der Waals surface area contributed by atoms with Gasteiger partial charge >= 0.3 is 6.18 Å². The Hall–Kier alpha value is -0.630. The van der Waals surface area contributed by atoms with E-state index in [1.165, 1.54) is 11.1 Å². The van der Waals surface area contributed by atoms with Gasteiger partial charge in [-0.15, -0.1) is 11.3 Å². The molecule has 1 amide bonds. The quantitative estimate of drug-likeness (QED) is 0.784. The van der Waals surface area contributed by atoms with Gasteiger partial charge in [-0.2, -0.15) is 13.2 Å². The smallest absolute Gasteiger partial charge is 0.337 e. The van der Waals surface area contributed by atoms with E-state index in [0.29, 0.717) is 21.8 Å². The van der Waals surface area contributed by atoms with Crippen LogP contribution in [0.2, 0.25) is 0 Å². The van der Waals surface area contributed by atoms with Crippen molar-refractivity contribution < 1.29 is 18.0 Å². The van der Waals surface area contributed by atoms with Crippen LogP contribution in [0, 0.1) is 5.92 Å². The number of aromatic nitrogens is 1. The molecular weight excluding hydrogens is 333 g/mol. The van der Waals surface area contributed by atoms with Crippen LogP contribution in [0.3, 0.4) is 0 Å². The third kappa shape index (κ3) is 3.03. The van der Waals surface area contributed by atoms with Gasteiger partial charge < -0.3 is 4.90 Å². The number of carbonyl (C=O) groups is 1. The molecule has 0 N–H and O–H groups in total. The van der Waals surface area contributed by atoms with Gasteiger partial charge in [0.2, 0.25) is 0 Å². The molecule has 0 aromatic carbocycles. The summed E-state index contributed by atoms with van der Waals surface area (Å²) >= 11 is 4.26. The Kier molecular flexibility index (Phi) is 3.96. The summed E-state index contributed by atoms with van der Waals surface area (Å²) in [5.74, 6) is -1.78. The van der Waals surface area contributed by atoms with Crippen molar-refractivity contribution >= 4 is 33.2 Å². The summed E-state index contributed by atoms with van der Waals surface area (Å²) in [7, 11) is 0. The monoisotopic (exact) mass is 342 g/mol. The second-order valence-electron chi connectivity index (χ2n) is 4.11. The van der Waals surface area contributed by atoms with Gasteiger partial charge in [0.05, 0.1) is 12.1 Å². The van der Waals surface area contributed by atoms with Crippen molar-refractivity contribution in [2.45, 2.75) is 19.0 Å². The highest BCUT2D eigenvalue weighted by atomic mass is 79.9. The first-order valence-electron chi connectivity index (χ1n) is 5.35. The number of rotatable bonds is 1. The first-order valence-corrected chi connectivity index (χ1v) is 6.96. The van der Waals surface area contributed by atoms with Gasteiger partial charge in [0.25, 0.3) is 5.91 Å². The van der Waals surface area contributed by atoms with Crippen LogP contribution in [-0.2, 0) is 0 Å². The van der Waals surface area contributed by atoms with E-state index in [-0.39, 0.29) is 18.9 Å². The number of nitrogens with zero attached hydrogens (tertiary/aromatic N) is 2. The SMILES string of the molecule is O=C(c1cnc(Br)s1)N1CCCC(C(F)(F)F)C1. The van der Waals surface area contributed by atoms with Crippen LogP contribution in [0.4, 0.5) is 13.2 Å². The van der Waals surface area contributed by atoms with E-state index in [4.69, 9.17) is 0 Å². The Balaban J connectivity index is 2.07. The fourth-order valence-corrected chi connectivity index (χ4v) is 3.17. The lowest BCUT2D eigenvalue weighted by atomic mass is 9.97. The van der Waals surface area contributed by atoms with Crippen LogP contribution in [0.5, 0.6) is 0 Å². The van der Waals surface area contributed by atoms with Gasteiger partial charge in [-0.3, -0.25) is 4.79 Å². The number of carbonyl (C=O) groups excluding carboxylic acids is 1. The predicted octanol–water partition coefficient (Wildman–Crippen LogP) is 3.32. The van der Waals surface area contributed by atoms with Crippen molar-refractivity contribution in [3.63, 3.8) is 0 Å². The lowest BCUT2D eigenvalue weighted by Gasteiger charge is -2.33. The molecule has 0 radical (unpaired) electrons. The van der Waals surface area contributed by atoms with Crippen LogP contribution < -0.4 is 0 Å². The molecule has 0 aliphatic carbocycles. The Morgan fingerprint density at radius 1 is 1.56 bits per heavy atom. The molecular formula is C10H10BrF3N2OS. The van der Waals surface area contributed by atoms with Crippen LogP contribution in [0.15, 0.2) is 10.1 Å². The standard InChI is InChI=1S/C10H10BrF3N2OS/c11-9-15-4-7(18-9)8(17)16-3-1-2-6(5-16)10(12,13)14/h4,6H,1-3,5H2. The maximum absolute atomic E-state index is 12.6. The lowest BCUT2D eigenvalue weighted by Crippen LogP contribution is -2.44. The van der Waals surface area contributed by atoms with Crippen molar-refractivity contribution in [2.24, 2.45) is 5.92 Å². The zero-order chi connectivity index (χ0) is 13.3. The molecule has 2 heterocycles. The summed E-state index contributed by atoms with van der Waals surface area (Å²) in [6.45, 7) is 0.124. The maximum Gasteiger partial charge on any atom is 0.393 e. The number of thiazole rings is 1. The Morgan fingerprint density at radius 3 is 2.83 bits per heavy atom. The normalized spacial score (nSPS) is 21.1. The van der Waals surface area contributed by atoms with E-state index in [9.17, 15) is 18.0 Å². The molecule has 1 fully saturated rings. The minimum atomic E-state index is -4.23. The Morgan fingerprint density at radius 2 is 2.28 bits per heavy atom. The largest absolute Gasteiger partial charge is 0.393 e. The molecule has 1 saturated heterocycles. The summed E-state index contributed by atoms with van der Waals surface area (Å²) in [6, 6.07) is 0. The molecule has 1 aliphatic heterocycles. The van der Waals surface area contributed by atoms with Crippen LogP contribution in [-0.4, -0.2) is 35.1 Å². The molecule has 3 nitrogen and oxygen atoms in total. The highest BCUT2D eigenvalue weighted by Crippen LogP contribution is 2.34. The van der Waals surface area contributed by atoms with Crippen LogP contribution >= 0.6 is 27.3 Å². The predicted molar refractivity (Wildman–Crippen MR) is 64.5 cm³/mol. The van der Waals surface area contributed by atoms with Gasteiger partial charge in [-0.05, 0) is 28.8 Å². The minimum Gasteiger partial charge on any atom is -0.337 e. The summed E-state index contributed by atoms with van der Waals surface area (Å²) in [6.07, 6.45) is -2.36. The molecule has 1 aromatic rings. The average molecular weight is 343 g/mol. The molecule has 2 rings (SSSR count). The summed E-state index contributed by atoms with van der Waals surface area (Å²) in [5, 5.41) is 0. The van der Waals surface area contributed by atoms with Gasteiger partial charge in [0.1, 0.15) is 4.88 Å². The molecule has 0 bridgehead atoms. The van der Waals surface area contributed by atoms with Gasteiger partial charge in [0.15, 0.2) is 3.92 Å². The first kappa shape index (κ1) is 13.8. The topological polar surface area (TPSA) is 33.2 Å². The molecule has 1 aromatic heterocycles. The number of amides is 1. The van der Waals surface area contributed by atoms with Crippen LogP contribution in [0.1, 0.15) is 22.5 Å². The second-order valence-corrected chi connectivity index (χ2v) is 6.42. The molecule has 8 heteroatoms. The van der Waals surface area contributed by atoms with E-state index >= 15 is 0 Å². The van der Waals surface area contributed by atoms with Crippen molar-refractivity contribution in [3.8, 4) is 0 Å². The molecule has 100 valence electrons. The van der Waals surface area contributed by atoms with E-state index in [1.54, 1.807) is 0 Å². The zero-order valence-corrected chi connectivity index (χ0v) is 11.6. The molecule has 18 heavy (non-hydrogen) atoms. The highest BCUT2D eigenvalue weighted by Gasteiger charge is 2.42.